The monoisotopic (exact) mass is 473 g/mol. The molecule has 0 spiro atoms. The van der Waals surface area contributed by atoms with Crippen LogP contribution in [0.3, 0.4) is 0 Å². The molecule has 0 amide bonds. The number of ether oxygens (including phenoxy) is 2. The Kier molecular flexibility index (Phi) is 5.88. The molecule has 3 heterocycles. The van der Waals surface area contributed by atoms with Gasteiger partial charge in [0, 0.05) is 34.8 Å². The molecule has 5 rings (SSSR count). The summed E-state index contributed by atoms with van der Waals surface area (Å²) in [7, 11) is 0. The number of hydrogen-bond donors (Lipinski definition) is 0. The molecule has 0 saturated heterocycles. The number of fused-ring (bicyclic) bond motifs is 1. The van der Waals surface area contributed by atoms with E-state index >= 15 is 0 Å². The highest BCUT2D eigenvalue weighted by Crippen LogP contribution is 2.31. The van der Waals surface area contributed by atoms with Gasteiger partial charge >= 0.3 is 0 Å². The normalized spacial score (nSPS) is 13.7. The van der Waals surface area contributed by atoms with E-state index < -0.39 is 4.92 Å². The summed E-state index contributed by atoms with van der Waals surface area (Å²) < 4.78 is 13.0. The molecule has 0 N–H and O–H groups in total. The molecule has 1 aliphatic heterocycles. The summed E-state index contributed by atoms with van der Waals surface area (Å²) in [6, 6.07) is 15.8. The van der Waals surface area contributed by atoms with Crippen LogP contribution in [0.15, 0.2) is 82.5 Å². The van der Waals surface area contributed by atoms with Crippen molar-refractivity contribution in [3.05, 3.63) is 92.9 Å². The molecule has 1 aliphatic rings. The molecule has 0 saturated carbocycles. The first-order valence-corrected chi connectivity index (χ1v) is 11.3. The van der Waals surface area contributed by atoms with E-state index in [1.54, 1.807) is 23.1 Å². The van der Waals surface area contributed by atoms with Crippen LogP contribution >= 0.6 is 11.3 Å². The number of nitrogens with zero attached hydrogens (tertiary/aromatic N) is 5. The largest absolute Gasteiger partial charge is 0.486 e. The SMILES string of the molecule is CC(=Nn1c(-c2cccc([N+](=O)[O-])c2)csc1=Nc1cccnc1)c1ccc2c(c1)OCCO2. The molecule has 0 bridgehead atoms. The van der Waals surface area contributed by atoms with Crippen LogP contribution in [0.25, 0.3) is 11.3 Å². The van der Waals surface area contributed by atoms with E-state index in [-0.39, 0.29) is 5.69 Å². The average molecular weight is 474 g/mol. The zero-order valence-corrected chi connectivity index (χ0v) is 18.9. The lowest BCUT2D eigenvalue weighted by Gasteiger charge is -2.18. The first-order valence-electron chi connectivity index (χ1n) is 10.4. The summed E-state index contributed by atoms with van der Waals surface area (Å²) in [6.45, 7) is 2.91. The van der Waals surface area contributed by atoms with E-state index in [0.717, 1.165) is 11.3 Å². The van der Waals surface area contributed by atoms with Crippen molar-refractivity contribution >= 4 is 28.4 Å². The van der Waals surface area contributed by atoms with Crippen LogP contribution in [0.5, 0.6) is 11.5 Å². The number of non-ortho nitro benzene ring substituents is 1. The van der Waals surface area contributed by atoms with Gasteiger partial charge in [-0.1, -0.05) is 12.1 Å². The Morgan fingerprint density at radius 2 is 1.97 bits per heavy atom. The third-order valence-electron chi connectivity index (χ3n) is 5.12. The molecule has 2 aromatic carbocycles. The van der Waals surface area contributed by atoms with E-state index in [0.29, 0.717) is 46.5 Å². The fourth-order valence-electron chi connectivity index (χ4n) is 3.46. The molecule has 9 nitrogen and oxygen atoms in total. The summed E-state index contributed by atoms with van der Waals surface area (Å²) in [5.41, 5.74) is 3.62. The van der Waals surface area contributed by atoms with E-state index in [4.69, 9.17) is 19.6 Å². The fourth-order valence-corrected chi connectivity index (χ4v) is 4.31. The Balaban J connectivity index is 1.65. The maximum Gasteiger partial charge on any atom is 0.270 e. The van der Waals surface area contributed by atoms with Crippen LogP contribution < -0.4 is 14.3 Å². The minimum atomic E-state index is -0.412. The summed E-state index contributed by atoms with van der Waals surface area (Å²) in [5, 5.41) is 18.1. The maximum atomic E-state index is 11.3. The number of nitro groups is 1. The Morgan fingerprint density at radius 3 is 2.76 bits per heavy atom. The first-order chi connectivity index (χ1) is 16.6. The summed E-state index contributed by atoms with van der Waals surface area (Å²) >= 11 is 1.39. The molecule has 10 heteroatoms. The number of hydrogen-bond acceptors (Lipinski definition) is 8. The molecule has 0 unspecified atom stereocenters. The van der Waals surface area contributed by atoms with E-state index in [9.17, 15) is 10.1 Å². The number of aromatic nitrogens is 2. The topological polar surface area (TPSA) is 104 Å². The van der Waals surface area contributed by atoms with Crippen LogP contribution in [-0.4, -0.2) is 33.5 Å². The second-order valence-electron chi connectivity index (χ2n) is 7.39. The van der Waals surface area contributed by atoms with Gasteiger partial charge in [0.2, 0.25) is 4.80 Å². The van der Waals surface area contributed by atoms with Gasteiger partial charge < -0.3 is 9.47 Å². The quantitative estimate of drug-likeness (QED) is 0.235. The Morgan fingerprint density at radius 1 is 1.12 bits per heavy atom. The number of thiazole rings is 1. The van der Waals surface area contributed by atoms with Crippen LogP contribution in [0, 0.1) is 10.1 Å². The highest BCUT2D eigenvalue weighted by atomic mass is 32.1. The van der Waals surface area contributed by atoms with Gasteiger partial charge in [-0.2, -0.15) is 5.10 Å². The molecular formula is C24H19N5O4S. The minimum Gasteiger partial charge on any atom is -0.486 e. The molecule has 0 radical (unpaired) electrons. The molecule has 4 aromatic rings. The predicted molar refractivity (Wildman–Crippen MR) is 129 cm³/mol. The van der Waals surface area contributed by atoms with Crippen LogP contribution in [-0.2, 0) is 0 Å². The Labute approximate surface area is 198 Å². The van der Waals surface area contributed by atoms with Gasteiger partial charge in [0.25, 0.3) is 5.69 Å². The van der Waals surface area contributed by atoms with Crippen molar-refractivity contribution in [3.8, 4) is 22.8 Å². The molecule has 0 atom stereocenters. The van der Waals surface area contributed by atoms with Gasteiger partial charge in [0.15, 0.2) is 11.5 Å². The second-order valence-corrected chi connectivity index (χ2v) is 8.23. The van der Waals surface area contributed by atoms with Crippen molar-refractivity contribution in [2.45, 2.75) is 6.92 Å². The molecule has 170 valence electrons. The predicted octanol–water partition coefficient (Wildman–Crippen LogP) is 4.80. The van der Waals surface area contributed by atoms with Gasteiger partial charge in [0.1, 0.15) is 13.2 Å². The van der Waals surface area contributed by atoms with E-state index in [2.05, 4.69) is 4.98 Å². The molecule has 2 aromatic heterocycles. The Bertz CT molecular complexity index is 1460. The highest BCUT2D eigenvalue weighted by molar-refractivity contribution is 7.07. The number of benzene rings is 2. The number of rotatable bonds is 5. The molecule has 0 aliphatic carbocycles. The number of pyridine rings is 1. The smallest absolute Gasteiger partial charge is 0.270 e. The standard InChI is InChI=1S/C24H19N5O4S/c1-16(17-7-8-22-23(13-17)33-11-10-32-22)27-28-21(18-4-2-6-20(12-18)29(30)31)15-34-24(28)26-19-5-3-9-25-14-19/h2-9,12-15H,10-11H2,1H3. The second kappa shape index (κ2) is 9.28. The highest BCUT2D eigenvalue weighted by Gasteiger charge is 2.15. The van der Waals surface area contributed by atoms with Crippen LogP contribution in [0.4, 0.5) is 11.4 Å². The summed E-state index contributed by atoms with van der Waals surface area (Å²) in [6.07, 6.45) is 3.34. The van der Waals surface area contributed by atoms with Crippen LogP contribution in [0.2, 0.25) is 0 Å². The van der Waals surface area contributed by atoms with Crippen molar-refractivity contribution in [1.82, 2.24) is 9.66 Å². The minimum absolute atomic E-state index is 0.00790. The van der Waals surface area contributed by atoms with Gasteiger partial charge in [-0.15, -0.1) is 11.3 Å². The lowest BCUT2D eigenvalue weighted by molar-refractivity contribution is -0.384. The third-order valence-corrected chi connectivity index (χ3v) is 5.93. The zero-order chi connectivity index (χ0) is 23.5. The van der Waals surface area contributed by atoms with Gasteiger partial charge in [-0.25, -0.2) is 9.67 Å². The van der Waals surface area contributed by atoms with Gasteiger partial charge in [-0.05, 0) is 37.3 Å². The van der Waals surface area contributed by atoms with Gasteiger partial charge in [0.05, 0.1) is 28.2 Å². The molecular weight excluding hydrogens is 454 g/mol. The van der Waals surface area contributed by atoms with Gasteiger partial charge in [-0.3, -0.25) is 15.1 Å². The average Bonchev–Trinajstić information content (AvgIpc) is 3.26. The third kappa shape index (κ3) is 4.44. The fraction of sp³-hybridized carbons (Fsp3) is 0.125. The van der Waals surface area contributed by atoms with Crippen molar-refractivity contribution in [2.75, 3.05) is 13.2 Å². The van der Waals surface area contributed by atoms with E-state index in [1.165, 1.54) is 23.5 Å². The summed E-state index contributed by atoms with van der Waals surface area (Å²) in [4.78, 5) is 20.3. The van der Waals surface area contributed by atoms with E-state index in [1.807, 2.05) is 48.7 Å². The van der Waals surface area contributed by atoms with Crippen molar-refractivity contribution in [2.24, 2.45) is 10.1 Å². The van der Waals surface area contributed by atoms with Crippen LogP contribution in [0.1, 0.15) is 12.5 Å². The number of nitro benzene ring substituents is 1. The lowest BCUT2D eigenvalue weighted by atomic mass is 10.1. The molecule has 0 fully saturated rings. The van der Waals surface area contributed by atoms with Crippen molar-refractivity contribution in [1.29, 1.82) is 0 Å². The summed E-state index contributed by atoms with van der Waals surface area (Å²) in [5.74, 6) is 1.38. The van der Waals surface area contributed by atoms with Crippen molar-refractivity contribution in [3.63, 3.8) is 0 Å². The van der Waals surface area contributed by atoms with Crippen molar-refractivity contribution < 1.29 is 14.4 Å². The zero-order valence-electron chi connectivity index (χ0n) is 18.1. The Hall–Kier alpha value is -4.31. The molecule has 34 heavy (non-hydrogen) atoms. The first kappa shape index (κ1) is 21.5. The lowest BCUT2D eigenvalue weighted by Crippen LogP contribution is -2.16. The maximum absolute atomic E-state index is 11.3.